The van der Waals surface area contributed by atoms with Crippen LogP contribution in [0.15, 0.2) is 16.9 Å². The highest BCUT2D eigenvalue weighted by atomic mass is 16.5. The predicted octanol–water partition coefficient (Wildman–Crippen LogP) is 4.25. The lowest BCUT2D eigenvalue weighted by Gasteiger charge is -2.37. The Morgan fingerprint density at radius 2 is 1.88 bits per heavy atom. The monoisotopic (exact) mass is 348 g/mol. The number of ether oxygens (including phenoxy) is 1. The minimum Gasteiger partial charge on any atom is -0.371 e. The molecule has 0 aromatic heterocycles. The first-order valence-electron chi connectivity index (χ1n) is 9.79. The molecule has 2 heterocycles. The Balaban J connectivity index is 2.26. The van der Waals surface area contributed by atoms with E-state index >= 15 is 0 Å². The zero-order valence-corrected chi connectivity index (χ0v) is 16.9. The van der Waals surface area contributed by atoms with E-state index in [-0.39, 0.29) is 5.41 Å². The summed E-state index contributed by atoms with van der Waals surface area (Å²) in [5, 5.41) is 15.5. The molecule has 1 N–H and O–H groups in total. The van der Waals surface area contributed by atoms with E-state index in [1.165, 1.54) is 0 Å². The first-order chi connectivity index (χ1) is 11.8. The molecule has 0 amide bonds. The van der Waals surface area contributed by atoms with Crippen molar-refractivity contribution >= 4 is 12.1 Å². The van der Waals surface area contributed by atoms with Crippen LogP contribution < -0.4 is 0 Å². The molecule has 2 fully saturated rings. The highest BCUT2D eigenvalue weighted by Crippen LogP contribution is 2.32. The molecule has 2 aliphatic rings. The molecule has 3 atom stereocenters. The second kappa shape index (κ2) is 8.35. The van der Waals surface area contributed by atoms with Gasteiger partial charge in [-0.25, -0.2) is 0 Å². The Hall–Kier alpha value is -1.36. The fraction of sp³-hybridized carbons (Fsp3) is 0.800. The van der Waals surface area contributed by atoms with Crippen LogP contribution in [0.3, 0.4) is 0 Å². The summed E-state index contributed by atoms with van der Waals surface area (Å²) in [6.45, 7) is 14.8. The third kappa shape index (κ3) is 5.06. The quantitative estimate of drug-likeness (QED) is 0.443. The van der Waals surface area contributed by atoms with Gasteiger partial charge in [-0.1, -0.05) is 34.6 Å². The van der Waals surface area contributed by atoms with Crippen LogP contribution in [0.2, 0.25) is 0 Å². The standard InChI is InChI=1S/C20H36N4O/c1-7-11-22-24(15(3)8-2)18(20(4,5)6)12-19(21)23-13-16-9-10-17(14-23)25-16/h11-12,15-17,21H,7-10,13-14H2,1-6H3/b18-12-,21-19?,22-11-/t15-,16?,17?/m1/s1. The van der Waals surface area contributed by atoms with Crippen molar-refractivity contribution in [1.29, 1.82) is 5.41 Å². The number of fused-ring (bicyclic) bond motifs is 2. The average Bonchev–Trinajstić information content (AvgIpc) is 2.90. The normalized spacial score (nSPS) is 25.5. The highest BCUT2D eigenvalue weighted by Gasteiger charge is 2.35. The van der Waals surface area contributed by atoms with Crippen molar-refractivity contribution in [3.8, 4) is 0 Å². The molecule has 142 valence electrons. The fourth-order valence-electron chi connectivity index (χ4n) is 3.41. The second-order valence-electron chi connectivity index (χ2n) is 8.34. The van der Waals surface area contributed by atoms with Crippen molar-refractivity contribution in [2.75, 3.05) is 13.1 Å². The maximum atomic E-state index is 8.69. The zero-order chi connectivity index (χ0) is 18.6. The SMILES string of the molecule is CC/C=N\N(/C(=C\C(=N)N1CC2CCC(C1)O2)C(C)(C)C)[C@H](C)CC. The summed E-state index contributed by atoms with van der Waals surface area (Å²) < 4.78 is 5.91. The Morgan fingerprint density at radius 3 is 2.36 bits per heavy atom. The van der Waals surface area contributed by atoms with E-state index in [0.29, 0.717) is 24.1 Å². The van der Waals surface area contributed by atoms with Crippen LogP contribution in [0.25, 0.3) is 0 Å². The Labute approximate surface area is 153 Å². The summed E-state index contributed by atoms with van der Waals surface area (Å²) in [6, 6.07) is 0.307. The van der Waals surface area contributed by atoms with E-state index in [1.807, 2.05) is 12.3 Å². The van der Waals surface area contributed by atoms with Gasteiger partial charge in [0.15, 0.2) is 0 Å². The molecule has 0 spiro atoms. The molecule has 0 aromatic rings. The van der Waals surface area contributed by atoms with Gasteiger partial charge in [0.2, 0.25) is 0 Å². The third-order valence-corrected chi connectivity index (χ3v) is 5.07. The topological polar surface area (TPSA) is 51.9 Å². The number of likely N-dealkylation sites (tertiary alicyclic amines) is 1. The van der Waals surface area contributed by atoms with E-state index in [0.717, 1.165) is 44.5 Å². The van der Waals surface area contributed by atoms with Gasteiger partial charge in [-0.05, 0) is 32.6 Å². The maximum absolute atomic E-state index is 8.69. The second-order valence-corrected chi connectivity index (χ2v) is 8.34. The Morgan fingerprint density at radius 1 is 1.28 bits per heavy atom. The van der Waals surface area contributed by atoms with E-state index in [2.05, 4.69) is 51.5 Å². The number of hydrogen-bond donors (Lipinski definition) is 1. The van der Waals surface area contributed by atoms with E-state index in [9.17, 15) is 0 Å². The van der Waals surface area contributed by atoms with Crippen molar-refractivity contribution in [3.63, 3.8) is 0 Å². The lowest BCUT2D eigenvalue weighted by molar-refractivity contribution is -0.0157. The molecule has 0 saturated carbocycles. The maximum Gasteiger partial charge on any atom is 0.122 e. The molecule has 2 aliphatic heterocycles. The van der Waals surface area contributed by atoms with Crippen LogP contribution in [0.1, 0.15) is 67.2 Å². The Bertz CT molecular complexity index is 508. The highest BCUT2D eigenvalue weighted by molar-refractivity contribution is 5.91. The minimum atomic E-state index is -0.0773. The first-order valence-corrected chi connectivity index (χ1v) is 9.79. The van der Waals surface area contributed by atoms with E-state index in [4.69, 9.17) is 15.2 Å². The number of hydrogen-bond acceptors (Lipinski definition) is 4. The predicted molar refractivity (Wildman–Crippen MR) is 105 cm³/mol. The largest absolute Gasteiger partial charge is 0.371 e. The molecular weight excluding hydrogens is 312 g/mol. The van der Waals surface area contributed by atoms with Crippen molar-refractivity contribution in [2.45, 2.75) is 85.5 Å². The molecule has 0 radical (unpaired) electrons. The number of amidine groups is 1. The van der Waals surface area contributed by atoms with E-state index < -0.39 is 0 Å². The molecule has 0 aromatic carbocycles. The van der Waals surface area contributed by atoms with Gasteiger partial charge in [-0.3, -0.25) is 10.4 Å². The van der Waals surface area contributed by atoms with Crippen LogP contribution in [0.5, 0.6) is 0 Å². The molecule has 5 heteroatoms. The summed E-state index contributed by atoms with van der Waals surface area (Å²) in [4.78, 5) is 2.18. The van der Waals surface area contributed by atoms with Crippen LogP contribution in [-0.4, -0.2) is 53.3 Å². The van der Waals surface area contributed by atoms with Gasteiger partial charge in [0.05, 0.1) is 12.2 Å². The summed E-state index contributed by atoms with van der Waals surface area (Å²) in [5.74, 6) is 0.588. The van der Waals surface area contributed by atoms with Gasteiger partial charge in [-0.15, -0.1) is 0 Å². The van der Waals surface area contributed by atoms with Crippen LogP contribution in [0.4, 0.5) is 0 Å². The number of hydrazone groups is 1. The minimum absolute atomic E-state index is 0.0773. The lowest BCUT2D eigenvalue weighted by atomic mass is 9.90. The Kier molecular flexibility index (Phi) is 6.66. The first kappa shape index (κ1) is 20.0. The summed E-state index contributed by atoms with van der Waals surface area (Å²) >= 11 is 0. The molecule has 2 unspecified atom stereocenters. The smallest absolute Gasteiger partial charge is 0.122 e. The number of allylic oxidation sites excluding steroid dienone is 1. The fourth-order valence-corrected chi connectivity index (χ4v) is 3.41. The number of morpholine rings is 1. The third-order valence-electron chi connectivity index (χ3n) is 5.07. The molecule has 2 rings (SSSR count). The van der Waals surface area contributed by atoms with Gasteiger partial charge in [-0.2, -0.15) is 5.10 Å². The summed E-state index contributed by atoms with van der Waals surface area (Å²) in [7, 11) is 0. The van der Waals surface area contributed by atoms with Gasteiger partial charge in [0.1, 0.15) is 5.84 Å². The average molecular weight is 349 g/mol. The number of nitrogens with one attached hydrogen (secondary N) is 1. The molecule has 2 bridgehead atoms. The van der Waals surface area contributed by atoms with Gasteiger partial charge >= 0.3 is 0 Å². The van der Waals surface area contributed by atoms with Gasteiger partial charge < -0.3 is 9.64 Å². The van der Waals surface area contributed by atoms with Crippen LogP contribution >= 0.6 is 0 Å². The molecule has 2 saturated heterocycles. The number of nitrogens with zero attached hydrogens (tertiary/aromatic N) is 3. The van der Waals surface area contributed by atoms with Crippen molar-refractivity contribution < 1.29 is 4.74 Å². The number of rotatable bonds is 6. The zero-order valence-electron chi connectivity index (χ0n) is 16.9. The van der Waals surface area contributed by atoms with E-state index in [1.54, 1.807) is 0 Å². The van der Waals surface area contributed by atoms with Crippen molar-refractivity contribution in [1.82, 2.24) is 9.91 Å². The van der Waals surface area contributed by atoms with Gasteiger partial charge in [0.25, 0.3) is 0 Å². The van der Waals surface area contributed by atoms with Crippen molar-refractivity contribution in [3.05, 3.63) is 11.8 Å². The summed E-state index contributed by atoms with van der Waals surface area (Å²) in [6.07, 6.45) is 8.78. The van der Waals surface area contributed by atoms with Gasteiger partial charge in [0, 0.05) is 42.5 Å². The molecule has 0 aliphatic carbocycles. The van der Waals surface area contributed by atoms with Crippen LogP contribution in [0, 0.1) is 10.8 Å². The molecule has 25 heavy (non-hydrogen) atoms. The molecular formula is C20H36N4O. The van der Waals surface area contributed by atoms with Crippen molar-refractivity contribution in [2.24, 2.45) is 10.5 Å². The lowest BCUT2D eigenvalue weighted by Crippen LogP contribution is -2.45. The molecule has 5 nitrogen and oxygen atoms in total. The van der Waals surface area contributed by atoms with Crippen LogP contribution in [-0.2, 0) is 4.74 Å². The summed E-state index contributed by atoms with van der Waals surface area (Å²) in [5.41, 5.74) is 1.03.